The van der Waals surface area contributed by atoms with Crippen molar-refractivity contribution in [1.82, 2.24) is 4.90 Å². The van der Waals surface area contributed by atoms with Gasteiger partial charge in [-0.2, -0.15) is 13.2 Å². The summed E-state index contributed by atoms with van der Waals surface area (Å²) in [5.74, 6) is -2.49. The van der Waals surface area contributed by atoms with Gasteiger partial charge in [0.2, 0.25) is 0 Å². The Morgan fingerprint density at radius 1 is 0.914 bits per heavy atom. The summed E-state index contributed by atoms with van der Waals surface area (Å²) in [6.07, 6.45) is 10.5. The number of nitrogens with zero attached hydrogens (tertiary/aromatic N) is 1. The van der Waals surface area contributed by atoms with E-state index in [9.17, 15) is 27.2 Å². The van der Waals surface area contributed by atoms with Gasteiger partial charge in [0.15, 0.2) is 0 Å². The molecule has 0 saturated carbocycles. The van der Waals surface area contributed by atoms with E-state index in [1.54, 1.807) is 0 Å². The van der Waals surface area contributed by atoms with Crippen molar-refractivity contribution in [2.75, 3.05) is 13.2 Å². The minimum Gasteiger partial charge on any atom is -0.464 e. The molecule has 0 radical (unpaired) electrons. The highest BCUT2D eigenvalue weighted by molar-refractivity contribution is 5.97. The van der Waals surface area contributed by atoms with Crippen molar-refractivity contribution >= 4 is 11.9 Å². The molecule has 1 atom stereocenters. The number of halogens is 4. The number of carbonyl (C=O) groups excluding carboxylic acids is 2. The zero-order valence-electron chi connectivity index (χ0n) is 20.8. The van der Waals surface area contributed by atoms with Gasteiger partial charge >= 0.3 is 12.1 Å². The minimum absolute atomic E-state index is 0.217. The number of unbranched alkanes of at least 4 members (excludes halogenated alkanes) is 11. The van der Waals surface area contributed by atoms with Gasteiger partial charge < -0.3 is 9.64 Å². The number of hydrogen-bond acceptors (Lipinski definition) is 3. The Labute approximate surface area is 206 Å². The molecule has 8 heteroatoms. The van der Waals surface area contributed by atoms with Crippen LogP contribution < -0.4 is 0 Å². The molecule has 0 N–H and O–H groups in total. The molecule has 4 nitrogen and oxygen atoms in total. The molecule has 1 aliphatic heterocycles. The predicted octanol–water partition coefficient (Wildman–Crippen LogP) is 7.69. The topological polar surface area (TPSA) is 46.6 Å². The number of alkyl halides is 3. The second kappa shape index (κ2) is 15.1. The van der Waals surface area contributed by atoms with E-state index in [-0.39, 0.29) is 13.2 Å². The van der Waals surface area contributed by atoms with Crippen molar-refractivity contribution in [1.29, 1.82) is 0 Å². The van der Waals surface area contributed by atoms with Gasteiger partial charge in [0.25, 0.3) is 5.91 Å². The third-order valence-electron chi connectivity index (χ3n) is 6.50. The molecule has 0 aliphatic carbocycles. The molecule has 1 aliphatic rings. The van der Waals surface area contributed by atoms with Crippen LogP contribution in [0.4, 0.5) is 17.6 Å². The number of carbonyl (C=O) groups is 2. The van der Waals surface area contributed by atoms with E-state index in [0.29, 0.717) is 25.0 Å². The average molecular weight is 502 g/mol. The van der Waals surface area contributed by atoms with Crippen LogP contribution in [0.15, 0.2) is 18.2 Å². The molecule has 198 valence electrons. The zero-order valence-corrected chi connectivity index (χ0v) is 20.8. The summed E-state index contributed by atoms with van der Waals surface area (Å²) in [5.41, 5.74) is -1.65. The lowest BCUT2D eigenvalue weighted by molar-refractivity contribution is -0.148. The maximum atomic E-state index is 13.7. The third kappa shape index (κ3) is 10.2. The van der Waals surface area contributed by atoms with Crippen molar-refractivity contribution < 1.29 is 31.9 Å². The number of hydrogen-bond donors (Lipinski definition) is 0. The van der Waals surface area contributed by atoms with Crippen LogP contribution in [0.5, 0.6) is 0 Å². The second-order valence-corrected chi connectivity index (χ2v) is 9.44. The largest absolute Gasteiger partial charge is 0.464 e. The van der Waals surface area contributed by atoms with Gasteiger partial charge in [-0.1, -0.05) is 77.6 Å². The minimum atomic E-state index is -4.77. The van der Waals surface area contributed by atoms with Crippen molar-refractivity contribution in [2.45, 2.75) is 109 Å². The van der Waals surface area contributed by atoms with E-state index in [1.165, 1.54) is 62.7 Å². The molecule has 1 amide bonds. The Kier molecular flexibility index (Phi) is 12.6. The highest BCUT2D eigenvalue weighted by Gasteiger charge is 2.37. The van der Waals surface area contributed by atoms with Gasteiger partial charge in [0, 0.05) is 12.1 Å². The fourth-order valence-corrected chi connectivity index (χ4v) is 4.51. The molecule has 0 aromatic heterocycles. The van der Waals surface area contributed by atoms with E-state index in [2.05, 4.69) is 6.92 Å². The van der Waals surface area contributed by atoms with Crippen LogP contribution >= 0.6 is 0 Å². The molecule has 1 aromatic rings. The van der Waals surface area contributed by atoms with Gasteiger partial charge in [-0.25, -0.2) is 9.18 Å². The van der Waals surface area contributed by atoms with E-state index in [4.69, 9.17) is 4.74 Å². The molecular formula is C27H39F4NO3. The highest BCUT2D eigenvalue weighted by Crippen LogP contribution is 2.31. The molecule has 2 rings (SSSR count). The van der Waals surface area contributed by atoms with Crippen LogP contribution in [0.1, 0.15) is 113 Å². The van der Waals surface area contributed by atoms with Gasteiger partial charge in [-0.05, 0) is 37.5 Å². The summed E-state index contributed by atoms with van der Waals surface area (Å²) < 4.78 is 58.0. The van der Waals surface area contributed by atoms with E-state index < -0.39 is 41.0 Å². The molecule has 1 unspecified atom stereocenters. The Morgan fingerprint density at radius 2 is 1.49 bits per heavy atom. The maximum Gasteiger partial charge on any atom is 0.416 e. The lowest BCUT2D eigenvalue weighted by Gasteiger charge is -2.23. The van der Waals surface area contributed by atoms with Crippen LogP contribution in [0.2, 0.25) is 0 Å². The van der Waals surface area contributed by atoms with Gasteiger partial charge in [-0.15, -0.1) is 0 Å². The molecule has 1 fully saturated rings. The smallest absolute Gasteiger partial charge is 0.416 e. The van der Waals surface area contributed by atoms with Crippen molar-refractivity contribution in [3.05, 3.63) is 35.1 Å². The first-order valence-electron chi connectivity index (χ1n) is 13.1. The highest BCUT2D eigenvalue weighted by atomic mass is 19.4. The fourth-order valence-electron chi connectivity index (χ4n) is 4.51. The van der Waals surface area contributed by atoms with Gasteiger partial charge in [-0.3, -0.25) is 4.79 Å². The van der Waals surface area contributed by atoms with Crippen molar-refractivity contribution in [3.8, 4) is 0 Å². The number of ether oxygens (including phenoxy) is 1. The number of benzene rings is 1. The Morgan fingerprint density at radius 3 is 2.06 bits per heavy atom. The molecule has 1 saturated heterocycles. The molecule has 1 heterocycles. The number of rotatable bonds is 15. The number of amides is 1. The van der Waals surface area contributed by atoms with Gasteiger partial charge in [0.1, 0.15) is 11.9 Å². The Balaban J connectivity index is 1.68. The van der Waals surface area contributed by atoms with Crippen LogP contribution in [0.3, 0.4) is 0 Å². The van der Waals surface area contributed by atoms with Crippen LogP contribution in [0.25, 0.3) is 0 Å². The summed E-state index contributed by atoms with van der Waals surface area (Å²) in [6.45, 7) is 2.70. The summed E-state index contributed by atoms with van der Waals surface area (Å²) in [7, 11) is 0. The molecule has 35 heavy (non-hydrogen) atoms. The normalized spacial score (nSPS) is 16.0. The summed E-state index contributed by atoms with van der Waals surface area (Å²) >= 11 is 0. The summed E-state index contributed by atoms with van der Waals surface area (Å²) in [6, 6.07) is 0.891. The molecule has 1 aromatic carbocycles. The SMILES string of the molecule is CCCCCCCCCCCCCCOC(=O)C1CCCN1C(=O)c1cc(F)cc(C(F)(F)F)c1. The van der Waals surface area contributed by atoms with Gasteiger partial charge in [0.05, 0.1) is 12.2 Å². The summed E-state index contributed by atoms with van der Waals surface area (Å²) in [4.78, 5) is 26.5. The Hall–Kier alpha value is -2.12. The predicted molar refractivity (Wildman–Crippen MR) is 127 cm³/mol. The van der Waals surface area contributed by atoms with Crippen LogP contribution in [0, 0.1) is 5.82 Å². The standard InChI is InChI=1S/C27H39F4NO3/c1-2-3-4-5-6-7-8-9-10-11-12-13-17-35-26(34)24-15-14-16-32(24)25(33)21-18-22(27(29,30)31)20-23(28)19-21/h18-20,24H,2-17H2,1H3. The van der Waals surface area contributed by atoms with Crippen molar-refractivity contribution in [2.24, 2.45) is 0 Å². The lowest BCUT2D eigenvalue weighted by Crippen LogP contribution is -2.41. The summed E-state index contributed by atoms with van der Waals surface area (Å²) in [5, 5.41) is 0. The maximum absolute atomic E-state index is 13.7. The third-order valence-corrected chi connectivity index (χ3v) is 6.50. The van der Waals surface area contributed by atoms with E-state index >= 15 is 0 Å². The van der Waals surface area contributed by atoms with E-state index in [0.717, 1.165) is 25.3 Å². The Bertz CT molecular complexity index is 797. The quantitative estimate of drug-likeness (QED) is 0.141. The molecular weight excluding hydrogens is 462 g/mol. The second-order valence-electron chi connectivity index (χ2n) is 9.44. The first-order valence-corrected chi connectivity index (χ1v) is 13.1. The number of esters is 1. The van der Waals surface area contributed by atoms with Crippen LogP contribution in [-0.4, -0.2) is 36.0 Å². The monoisotopic (exact) mass is 501 g/mol. The molecule has 0 bridgehead atoms. The van der Waals surface area contributed by atoms with Crippen molar-refractivity contribution in [3.63, 3.8) is 0 Å². The first kappa shape index (κ1) is 29.1. The zero-order chi connectivity index (χ0) is 25.7. The van der Waals surface area contributed by atoms with E-state index in [1.807, 2.05) is 0 Å². The lowest BCUT2D eigenvalue weighted by atomic mass is 10.1. The number of likely N-dealkylation sites (tertiary alicyclic amines) is 1. The molecule has 0 spiro atoms. The average Bonchev–Trinajstić information content (AvgIpc) is 3.30. The fraction of sp³-hybridized carbons (Fsp3) is 0.704. The first-order chi connectivity index (χ1) is 16.7. The van der Waals surface area contributed by atoms with Crippen LogP contribution in [-0.2, 0) is 15.7 Å².